The minimum Gasteiger partial charge on any atom is -0.383 e. The molecule has 0 aromatic carbocycles. The maximum Gasteiger partial charge on any atom is 0.312 e. The Labute approximate surface area is 80.5 Å². The number of nitrogens with one attached hydrogen (secondary N) is 2. The van der Waals surface area contributed by atoms with Gasteiger partial charge in [0, 0.05) is 31.0 Å². The number of urea groups is 1. The van der Waals surface area contributed by atoms with Crippen LogP contribution in [0.2, 0.25) is 0 Å². The highest BCUT2D eigenvalue weighted by Crippen LogP contribution is 2.05. The first-order chi connectivity index (χ1) is 6.68. The Morgan fingerprint density at radius 1 is 1.57 bits per heavy atom. The summed E-state index contributed by atoms with van der Waals surface area (Å²) in [5, 5.41) is 5.29. The van der Waals surface area contributed by atoms with Crippen LogP contribution in [-0.2, 0) is 0 Å². The highest BCUT2D eigenvalue weighted by Gasteiger charge is 1.95. The topological polar surface area (TPSA) is 80.0 Å². The second kappa shape index (κ2) is 5.00. The molecule has 2 amide bonds. The maximum absolute atomic E-state index is 12.6. The monoisotopic (exact) mass is 198 g/mol. The molecule has 1 rings (SSSR count). The summed E-state index contributed by atoms with van der Waals surface area (Å²) in [4.78, 5) is 13.7. The van der Waals surface area contributed by atoms with Gasteiger partial charge in [-0.25, -0.2) is 9.78 Å². The number of anilines is 1. The van der Waals surface area contributed by atoms with Crippen molar-refractivity contribution in [3.8, 4) is 0 Å². The molecular weight excluding hydrogens is 187 g/mol. The van der Waals surface area contributed by atoms with Gasteiger partial charge in [0.25, 0.3) is 0 Å². The second-order valence-electron chi connectivity index (χ2n) is 2.59. The van der Waals surface area contributed by atoms with Gasteiger partial charge in [-0.2, -0.15) is 4.39 Å². The lowest BCUT2D eigenvalue weighted by Gasteiger charge is -2.05. The van der Waals surface area contributed by atoms with Crippen LogP contribution < -0.4 is 16.4 Å². The van der Waals surface area contributed by atoms with E-state index in [-0.39, 0.29) is 0 Å². The van der Waals surface area contributed by atoms with Crippen molar-refractivity contribution in [3.63, 3.8) is 0 Å². The number of nitrogens with two attached hydrogens (primary N) is 1. The van der Waals surface area contributed by atoms with Gasteiger partial charge >= 0.3 is 6.03 Å². The maximum atomic E-state index is 12.6. The molecular formula is C8H11FN4O. The molecule has 76 valence electrons. The fourth-order valence-electron chi connectivity index (χ4n) is 0.905. The average molecular weight is 198 g/mol. The molecule has 0 aliphatic carbocycles. The predicted octanol–water partition coefficient (Wildman–Crippen LogP) is 0.301. The molecule has 5 nitrogen and oxygen atoms in total. The summed E-state index contributed by atoms with van der Waals surface area (Å²) in [6.07, 6.45) is 1.36. The standard InChI is InChI=1S/C8H11FN4O/c9-7-5-6(1-2-12-7)11-3-4-13-8(10)14/h1-2,5H,3-4H2,(H,11,12)(H3,10,13,14). The molecule has 14 heavy (non-hydrogen) atoms. The zero-order valence-electron chi connectivity index (χ0n) is 7.46. The first-order valence-electron chi connectivity index (χ1n) is 4.07. The van der Waals surface area contributed by atoms with E-state index in [4.69, 9.17) is 5.73 Å². The Kier molecular flexibility index (Phi) is 3.66. The number of rotatable bonds is 4. The van der Waals surface area contributed by atoms with E-state index in [0.717, 1.165) is 0 Å². The van der Waals surface area contributed by atoms with Gasteiger partial charge in [-0.15, -0.1) is 0 Å². The van der Waals surface area contributed by atoms with Crippen molar-refractivity contribution in [1.82, 2.24) is 10.3 Å². The summed E-state index contributed by atoms with van der Waals surface area (Å²) >= 11 is 0. The lowest BCUT2D eigenvalue weighted by Crippen LogP contribution is -2.33. The van der Waals surface area contributed by atoms with Gasteiger partial charge in [0.1, 0.15) is 0 Å². The predicted molar refractivity (Wildman–Crippen MR) is 50.3 cm³/mol. The third kappa shape index (κ3) is 3.70. The number of carbonyl (C=O) groups excluding carboxylic acids is 1. The number of pyridine rings is 1. The van der Waals surface area contributed by atoms with Crippen LogP contribution >= 0.6 is 0 Å². The number of hydrogen-bond acceptors (Lipinski definition) is 3. The van der Waals surface area contributed by atoms with Crippen LogP contribution in [0.1, 0.15) is 0 Å². The van der Waals surface area contributed by atoms with Crippen LogP contribution in [0.4, 0.5) is 14.9 Å². The Morgan fingerprint density at radius 2 is 2.36 bits per heavy atom. The number of hydrogen-bond donors (Lipinski definition) is 3. The molecule has 1 aromatic heterocycles. The molecule has 0 aliphatic rings. The van der Waals surface area contributed by atoms with E-state index in [1.54, 1.807) is 6.07 Å². The van der Waals surface area contributed by atoms with E-state index in [1.165, 1.54) is 12.3 Å². The van der Waals surface area contributed by atoms with E-state index in [0.29, 0.717) is 18.8 Å². The van der Waals surface area contributed by atoms with Crippen LogP contribution in [0.3, 0.4) is 0 Å². The van der Waals surface area contributed by atoms with Crippen molar-refractivity contribution in [3.05, 3.63) is 24.3 Å². The smallest absolute Gasteiger partial charge is 0.312 e. The fraction of sp³-hybridized carbons (Fsp3) is 0.250. The molecule has 0 aliphatic heterocycles. The molecule has 1 aromatic rings. The molecule has 0 radical (unpaired) electrons. The van der Waals surface area contributed by atoms with E-state index < -0.39 is 12.0 Å². The zero-order valence-corrected chi connectivity index (χ0v) is 7.46. The van der Waals surface area contributed by atoms with Crippen molar-refractivity contribution >= 4 is 11.7 Å². The second-order valence-corrected chi connectivity index (χ2v) is 2.59. The SMILES string of the molecule is NC(=O)NCCNc1ccnc(F)c1. The Bertz CT molecular complexity index is 318. The van der Waals surface area contributed by atoms with Gasteiger partial charge < -0.3 is 16.4 Å². The highest BCUT2D eigenvalue weighted by atomic mass is 19.1. The normalized spacial score (nSPS) is 9.50. The summed E-state index contributed by atoms with van der Waals surface area (Å²) < 4.78 is 12.6. The zero-order chi connectivity index (χ0) is 10.4. The number of primary amides is 1. The number of nitrogens with zero attached hydrogens (tertiary/aromatic N) is 1. The lowest BCUT2D eigenvalue weighted by molar-refractivity contribution is 0.249. The molecule has 0 spiro atoms. The van der Waals surface area contributed by atoms with Crippen LogP contribution in [-0.4, -0.2) is 24.1 Å². The van der Waals surface area contributed by atoms with Crippen molar-refractivity contribution in [2.75, 3.05) is 18.4 Å². The van der Waals surface area contributed by atoms with Crippen molar-refractivity contribution < 1.29 is 9.18 Å². The van der Waals surface area contributed by atoms with Gasteiger partial charge in [0.2, 0.25) is 5.95 Å². The molecule has 0 bridgehead atoms. The molecule has 6 heteroatoms. The van der Waals surface area contributed by atoms with Crippen molar-refractivity contribution in [1.29, 1.82) is 0 Å². The van der Waals surface area contributed by atoms with Gasteiger partial charge in [0.15, 0.2) is 0 Å². The van der Waals surface area contributed by atoms with E-state index in [2.05, 4.69) is 15.6 Å². The third-order valence-corrected chi connectivity index (χ3v) is 1.48. The lowest BCUT2D eigenvalue weighted by atomic mass is 10.4. The summed E-state index contributed by atoms with van der Waals surface area (Å²) in [6, 6.07) is 2.32. The number of halogens is 1. The molecule has 0 saturated heterocycles. The van der Waals surface area contributed by atoms with Gasteiger partial charge in [-0.05, 0) is 6.07 Å². The molecule has 4 N–H and O–H groups in total. The quantitative estimate of drug-likeness (QED) is 0.481. The average Bonchev–Trinajstić information content (AvgIpc) is 2.12. The van der Waals surface area contributed by atoms with Crippen LogP contribution in [0.25, 0.3) is 0 Å². The van der Waals surface area contributed by atoms with Crippen LogP contribution in [0, 0.1) is 5.95 Å². The Balaban J connectivity index is 2.28. The number of aromatic nitrogens is 1. The van der Waals surface area contributed by atoms with Crippen LogP contribution in [0.15, 0.2) is 18.3 Å². The first kappa shape index (κ1) is 10.2. The number of amides is 2. The first-order valence-corrected chi connectivity index (χ1v) is 4.07. The van der Waals surface area contributed by atoms with Gasteiger partial charge in [-0.1, -0.05) is 0 Å². The minimum atomic E-state index is -0.576. The Hall–Kier alpha value is -1.85. The molecule has 1 heterocycles. The molecule has 0 atom stereocenters. The molecule has 0 fully saturated rings. The van der Waals surface area contributed by atoms with Crippen LogP contribution in [0.5, 0.6) is 0 Å². The minimum absolute atomic E-state index is 0.388. The summed E-state index contributed by atoms with van der Waals surface area (Å²) in [5.74, 6) is -0.544. The van der Waals surface area contributed by atoms with E-state index in [9.17, 15) is 9.18 Å². The summed E-state index contributed by atoms with van der Waals surface area (Å²) in [6.45, 7) is 0.867. The van der Waals surface area contributed by atoms with E-state index in [1.807, 2.05) is 0 Å². The van der Waals surface area contributed by atoms with Crippen molar-refractivity contribution in [2.45, 2.75) is 0 Å². The largest absolute Gasteiger partial charge is 0.383 e. The molecule has 0 saturated carbocycles. The summed E-state index contributed by atoms with van der Waals surface area (Å²) in [5.41, 5.74) is 5.46. The number of carbonyl (C=O) groups is 1. The fourth-order valence-corrected chi connectivity index (χ4v) is 0.905. The van der Waals surface area contributed by atoms with Crippen molar-refractivity contribution in [2.24, 2.45) is 5.73 Å². The Morgan fingerprint density at radius 3 is 3.00 bits per heavy atom. The highest BCUT2D eigenvalue weighted by molar-refractivity contribution is 5.71. The van der Waals surface area contributed by atoms with Gasteiger partial charge in [0.05, 0.1) is 0 Å². The van der Waals surface area contributed by atoms with E-state index >= 15 is 0 Å². The third-order valence-electron chi connectivity index (χ3n) is 1.48. The molecule has 0 unspecified atom stereocenters. The summed E-state index contributed by atoms with van der Waals surface area (Å²) in [7, 11) is 0. The van der Waals surface area contributed by atoms with Gasteiger partial charge in [-0.3, -0.25) is 0 Å².